The second kappa shape index (κ2) is 10.9. The van der Waals surface area contributed by atoms with E-state index in [9.17, 15) is 35.4 Å². The first kappa shape index (κ1) is 29.6. The molecule has 1 saturated carbocycles. The number of carbonyl (C=O) groups excluding carboxylic acids is 1. The minimum Gasteiger partial charge on any atom is -0.388 e. The average Bonchev–Trinajstić information content (AvgIpc) is 3.28. The Balaban J connectivity index is 1.13. The van der Waals surface area contributed by atoms with Crippen LogP contribution in [-0.2, 0) is 23.7 Å². The normalized spacial score (nSPS) is 52.9. The van der Waals surface area contributed by atoms with Gasteiger partial charge in [-0.25, -0.2) is 0 Å². The molecule has 11 heteroatoms. The van der Waals surface area contributed by atoms with Crippen molar-refractivity contribution in [3.8, 4) is 0 Å². The van der Waals surface area contributed by atoms with Crippen LogP contribution in [0.1, 0.15) is 39.5 Å². The Labute approximate surface area is 239 Å². The summed E-state index contributed by atoms with van der Waals surface area (Å²) >= 11 is 0. The molecule has 2 aliphatic heterocycles. The maximum Gasteiger partial charge on any atom is 0.187 e. The fraction of sp³-hybridized carbons (Fsp3) is 0.767. The number of hydrogen-bond acceptors (Lipinski definition) is 11. The first-order chi connectivity index (χ1) is 19.4. The lowest BCUT2D eigenvalue weighted by atomic mass is 9.49. The van der Waals surface area contributed by atoms with Crippen LogP contribution >= 0.6 is 0 Å². The fourth-order valence-corrected chi connectivity index (χ4v) is 8.05. The third-order valence-corrected chi connectivity index (χ3v) is 10.8. The van der Waals surface area contributed by atoms with E-state index < -0.39 is 61.4 Å². The van der Waals surface area contributed by atoms with E-state index >= 15 is 0 Å². The molecule has 4 aliphatic carbocycles. The monoisotopic (exact) mass is 578 g/mol. The molecule has 2 heterocycles. The molecule has 6 rings (SSSR count). The van der Waals surface area contributed by atoms with Crippen molar-refractivity contribution in [2.45, 2.75) is 101 Å². The van der Waals surface area contributed by atoms with Gasteiger partial charge >= 0.3 is 0 Å². The zero-order chi connectivity index (χ0) is 29.3. The summed E-state index contributed by atoms with van der Waals surface area (Å²) in [7, 11) is 0. The van der Waals surface area contributed by atoms with Crippen molar-refractivity contribution in [2.75, 3.05) is 13.2 Å². The average molecular weight is 579 g/mol. The van der Waals surface area contributed by atoms with Crippen LogP contribution in [0.4, 0.5) is 0 Å². The number of aliphatic hydroxyl groups excluding tert-OH is 6. The van der Waals surface area contributed by atoms with Crippen LogP contribution in [-0.4, -0.2) is 111 Å². The largest absolute Gasteiger partial charge is 0.388 e. The van der Waals surface area contributed by atoms with Gasteiger partial charge in [-0.05, 0) is 54.1 Å². The Hall–Kier alpha value is -1.51. The maximum atomic E-state index is 12.1. The highest BCUT2D eigenvalue weighted by molar-refractivity contribution is 5.92. The van der Waals surface area contributed by atoms with Crippen LogP contribution in [0.15, 0.2) is 36.0 Å². The Morgan fingerprint density at radius 3 is 2.46 bits per heavy atom. The number of fused-ring (bicyclic) bond motifs is 5. The van der Waals surface area contributed by atoms with Crippen LogP contribution < -0.4 is 0 Å². The highest BCUT2D eigenvalue weighted by atomic mass is 16.7. The SMILES string of the molecule is CC12CCC(=O)C=C1C=CC1C2CCC2(C)C(OC3OC(COC4OCC(O)C(O)C4O)C(O)C(O)C3O)C=CC12. The Bertz CT molecular complexity index is 1110. The summed E-state index contributed by atoms with van der Waals surface area (Å²) in [5, 5.41) is 61.6. The molecule has 0 bridgehead atoms. The van der Waals surface area contributed by atoms with Crippen LogP contribution in [0, 0.1) is 28.6 Å². The molecule has 0 amide bonds. The summed E-state index contributed by atoms with van der Waals surface area (Å²) in [4.78, 5) is 12.1. The number of allylic oxidation sites excluding steroid dienone is 5. The smallest absolute Gasteiger partial charge is 0.187 e. The maximum absolute atomic E-state index is 12.1. The van der Waals surface area contributed by atoms with Gasteiger partial charge in [-0.2, -0.15) is 0 Å². The van der Waals surface area contributed by atoms with Crippen molar-refractivity contribution >= 4 is 5.78 Å². The summed E-state index contributed by atoms with van der Waals surface area (Å²) < 4.78 is 23.0. The Morgan fingerprint density at radius 2 is 1.68 bits per heavy atom. The number of hydrogen-bond donors (Lipinski definition) is 6. The molecule has 0 radical (unpaired) electrons. The number of aliphatic hydroxyl groups is 6. The summed E-state index contributed by atoms with van der Waals surface area (Å²) in [5.41, 5.74) is 0.798. The molecule has 0 aromatic carbocycles. The molecule has 15 unspecified atom stereocenters. The number of ketones is 1. The Kier molecular flexibility index (Phi) is 7.85. The quantitative estimate of drug-likeness (QED) is 0.237. The van der Waals surface area contributed by atoms with Crippen LogP contribution in [0.25, 0.3) is 0 Å². The van der Waals surface area contributed by atoms with Crippen molar-refractivity contribution < 1.29 is 54.4 Å². The van der Waals surface area contributed by atoms with E-state index in [1.54, 1.807) is 0 Å². The van der Waals surface area contributed by atoms with Crippen molar-refractivity contribution in [1.82, 2.24) is 0 Å². The molecule has 0 aromatic rings. The van der Waals surface area contributed by atoms with Gasteiger partial charge < -0.3 is 49.6 Å². The molecule has 0 aromatic heterocycles. The minimum absolute atomic E-state index is 0.0403. The highest BCUT2D eigenvalue weighted by Crippen LogP contribution is 2.62. The van der Waals surface area contributed by atoms with Gasteiger partial charge in [-0.3, -0.25) is 4.79 Å². The van der Waals surface area contributed by atoms with Gasteiger partial charge in [0.05, 0.1) is 19.3 Å². The molecule has 3 fully saturated rings. The molecule has 11 nitrogen and oxygen atoms in total. The number of rotatable bonds is 5. The molecular formula is C30H42O11. The van der Waals surface area contributed by atoms with E-state index in [0.29, 0.717) is 12.3 Å². The molecular weight excluding hydrogens is 536 g/mol. The van der Waals surface area contributed by atoms with Gasteiger partial charge in [0.25, 0.3) is 0 Å². The second-order valence-corrected chi connectivity index (χ2v) is 13.1. The van der Waals surface area contributed by atoms with Crippen LogP contribution in [0.2, 0.25) is 0 Å². The van der Waals surface area contributed by atoms with E-state index in [1.165, 1.54) is 0 Å². The molecule has 6 aliphatic rings. The van der Waals surface area contributed by atoms with Gasteiger partial charge in [0.2, 0.25) is 0 Å². The lowest BCUT2D eigenvalue weighted by molar-refractivity contribution is -0.330. The van der Waals surface area contributed by atoms with Crippen LogP contribution in [0.5, 0.6) is 0 Å². The predicted molar refractivity (Wildman–Crippen MR) is 142 cm³/mol. The van der Waals surface area contributed by atoms with E-state index in [1.807, 2.05) is 12.2 Å². The van der Waals surface area contributed by atoms with Crippen molar-refractivity contribution in [3.05, 3.63) is 36.0 Å². The fourth-order valence-electron chi connectivity index (χ4n) is 8.05. The van der Waals surface area contributed by atoms with Gasteiger partial charge in [-0.15, -0.1) is 0 Å². The standard InChI is InChI=1S/C30H42O11/c1-29-9-7-15(31)11-14(29)3-4-16-17-5-6-21(30(17,2)10-8-18(16)29)41-28-26(37)24(35)23(34)20(40-28)13-39-27-25(36)22(33)19(32)12-38-27/h3-6,11,16-28,32-37H,7-10,12-13H2,1-2H3. The molecule has 0 spiro atoms. The van der Waals surface area contributed by atoms with Crippen LogP contribution in [0.3, 0.4) is 0 Å². The molecule has 2 saturated heterocycles. The van der Waals surface area contributed by atoms with E-state index in [-0.39, 0.29) is 41.7 Å². The lowest BCUT2D eigenvalue weighted by Crippen LogP contribution is -2.61. The predicted octanol–water partition coefficient (Wildman–Crippen LogP) is -0.281. The van der Waals surface area contributed by atoms with Gasteiger partial charge in [0.15, 0.2) is 18.4 Å². The van der Waals surface area contributed by atoms with Gasteiger partial charge in [0, 0.05) is 11.8 Å². The highest BCUT2D eigenvalue weighted by Gasteiger charge is 2.58. The third kappa shape index (κ3) is 4.88. The van der Waals surface area contributed by atoms with E-state index in [4.69, 9.17) is 18.9 Å². The summed E-state index contributed by atoms with van der Waals surface area (Å²) in [6.07, 6.45) is 0.716. The van der Waals surface area contributed by atoms with Crippen molar-refractivity contribution in [1.29, 1.82) is 0 Å². The molecule has 228 valence electrons. The van der Waals surface area contributed by atoms with Crippen molar-refractivity contribution in [3.63, 3.8) is 0 Å². The summed E-state index contributed by atoms with van der Waals surface area (Å²) in [6.45, 7) is 3.88. The second-order valence-electron chi connectivity index (χ2n) is 13.1. The first-order valence-corrected chi connectivity index (χ1v) is 14.7. The lowest BCUT2D eigenvalue weighted by Gasteiger charge is -2.56. The molecule has 6 N–H and O–H groups in total. The zero-order valence-electron chi connectivity index (χ0n) is 23.4. The molecule has 41 heavy (non-hydrogen) atoms. The summed E-state index contributed by atoms with van der Waals surface area (Å²) in [6, 6.07) is 0. The number of ether oxygens (including phenoxy) is 4. The topological polar surface area (TPSA) is 175 Å². The Morgan fingerprint density at radius 1 is 0.927 bits per heavy atom. The van der Waals surface area contributed by atoms with E-state index in [0.717, 1.165) is 24.8 Å². The summed E-state index contributed by atoms with van der Waals surface area (Å²) in [5.74, 6) is 1.05. The first-order valence-electron chi connectivity index (χ1n) is 14.7. The molecule has 15 atom stereocenters. The zero-order valence-corrected chi connectivity index (χ0v) is 23.4. The number of carbonyl (C=O) groups is 1. The van der Waals surface area contributed by atoms with Gasteiger partial charge in [-0.1, -0.05) is 38.2 Å². The van der Waals surface area contributed by atoms with Crippen molar-refractivity contribution in [2.24, 2.45) is 28.6 Å². The third-order valence-electron chi connectivity index (χ3n) is 10.8. The van der Waals surface area contributed by atoms with E-state index in [2.05, 4.69) is 32.1 Å². The van der Waals surface area contributed by atoms with Gasteiger partial charge in [0.1, 0.15) is 42.7 Å². The minimum atomic E-state index is -1.57.